The maximum atomic E-state index is 13.7. The van der Waals surface area contributed by atoms with Crippen LogP contribution in [0.25, 0.3) is 0 Å². The quantitative estimate of drug-likeness (QED) is 0.789. The number of anilines is 1. The van der Waals surface area contributed by atoms with Crippen molar-refractivity contribution in [2.75, 3.05) is 18.0 Å². The molecule has 20 heavy (non-hydrogen) atoms. The Hall–Kier alpha value is -1.98. The summed E-state index contributed by atoms with van der Waals surface area (Å²) in [4.78, 5) is 1.75. The van der Waals surface area contributed by atoms with Gasteiger partial charge in [-0.1, -0.05) is 0 Å². The minimum Gasteiger partial charge on any atom is -0.369 e. The second-order valence-corrected chi connectivity index (χ2v) is 4.90. The predicted octanol–water partition coefficient (Wildman–Crippen LogP) is 3.14. The molecular weight excluding hydrogens is 267 g/mol. The molecular formula is C14H14F3N3. The summed E-state index contributed by atoms with van der Waals surface area (Å²) in [5.41, 5.74) is 0.128. The van der Waals surface area contributed by atoms with Gasteiger partial charge in [0.15, 0.2) is 17.5 Å². The van der Waals surface area contributed by atoms with E-state index < -0.39 is 17.5 Å². The van der Waals surface area contributed by atoms with Crippen LogP contribution in [-0.2, 0) is 0 Å². The van der Waals surface area contributed by atoms with Crippen molar-refractivity contribution in [3.05, 3.63) is 48.0 Å². The summed E-state index contributed by atoms with van der Waals surface area (Å²) in [6.45, 7) is 1.18. The summed E-state index contributed by atoms with van der Waals surface area (Å²) < 4.78 is 41.8. The molecule has 0 unspecified atom stereocenters. The van der Waals surface area contributed by atoms with Crippen molar-refractivity contribution in [2.45, 2.75) is 18.9 Å². The van der Waals surface area contributed by atoms with Gasteiger partial charge in [0.25, 0.3) is 0 Å². The summed E-state index contributed by atoms with van der Waals surface area (Å²) in [6.07, 6.45) is 5.21. The maximum Gasteiger partial charge on any atom is 0.196 e. The lowest BCUT2D eigenvalue weighted by molar-refractivity contribution is 0.363. The van der Waals surface area contributed by atoms with Gasteiger partial charge in [0, 0.05) is 25.5 Å². The van der Waals surface area contributed by atoms with E-state index in [4.69, 9.17) is 0 Å². The Labute approximate surface area is 114 Å². The van der Waals surface area contributed by atoms with E-state index in [1.165, 1.54) is 6.07 Å². The van der Waals surface area contributed by atoms with Crippen LogP contribution in [0.2, 0.25) is 0 Å². The molecule has 3 rings (SSSR count). The SMILES string of the molecule is Fc1ccc(N2CCC(n3cccn3)CC2)c(F)c1F. The van der Waals surface area contributed by atoms with Gasteiger partial charge in [-0.05, 0) is 31.0 Å². The first kappa shape index (κ1) is 13.0. The van der Waals surface area contributed by atoms with Gasteiger partial charge in [-0.3, -0.25) is 4.68 Å². The molecule has 0 bridgehead atoms. The zero-order valence-corrected chi connectivity index (χ0v) is 10.8. The molecule has 0 spiro atoms. The molecule has 0 atom stereocenters. The average Bonchev–Trinajstić information content (AvgIpc) is 3.00. The number of nitrogens with zero attached hydrogens (tertiary/aromatic N) is 3. The van der Waals surface area contributed by atoms with Crippen LogP contribution in [0.1, 0.15) is 18.9 Å². The van der Waals surface area contributed by atoms with E-state index in [9.17, 15) is 13.2 Å². The van der Waals surface area contributed by atoms with Crippen molar-refractivity contribution in [1.82, 2.24) is 9.78 Å². The number of rotatable bonds is 2. The zero-order chi connectivity index (χ0) is 14.1. The molecule has 1 aromatic carbocycles. The molecule has 0 N–H and O–H groups in total. The van der Waals surface area contributed by atoms with Crippen molar-refractivity contribution in [3.8, 4) is 0 Å². The van der Waals surface area contributed by atoms with Crippen molar-refractivity contribution in [3.63, 3.8) is 0 Å². The molecule has 2 heterocycles. The smallest absolute Gasteiger partial charge is 0.196 e. The third-order valence-electron chi connectivity index (χ3n) is 3.72. The van der Waals surface area contributed by atoms with Gasteiger partial charge in [0.2, 0.25) is 0 Å². The van der Waals surface area contributed by atoms with Crippen LogP contribution in [0.5, 0.6) is 0 Å². The zero-order valence-electron chi connectivity index (χ0n) is 10.8. The Morgan fingerprint density at radius 1 is 1.05 bits per heavy atom. The molecule has 0 aliphatic carbocycles. The highest BCUT2D eigenvalue weighted by molar-refractivity contribution is 5.48. The fraction of sp³-hybridized carbons (Fsp3) is 0.357. The molecule has 3 nitrogen and oxygen atoms in total. The van der Waals surface area contributed by atoms with E-state index in [1.54, 1.807) is 11.1 Å². The largest absolute Gasteiger partial charge is 0.369 e. The van der Waals surface area contributed by atoms with Crippen LogP contribution in [0.15, 0.2) is 30.6 Å². The summed E-state index contributed by atoms with van der Waals surface area (Å²) >= 11 is 0. The summed E-state index contributed by atoms with van der Waals surface area (Å²) in [5.74, 6) is -3.67. The standard InChI is InChI=1S/C14H14F3N3/c15-11-2-3-12(14(17)13(11)16)19-8-4-10(5-9-19)20-7-1-6-18-20/h1-3,6-7,10H,4-5,8-9H2. The second kappa shape index (κ2) is 5.19. The van der Waals surface area contributed by atoms with Crippen LogP contribution in [0.3, 0.4) is 0 Å². The normalized spacial score (nSPS) is 16.6. The third-order valence-corrected chi connectivity index (χ3v) is 3.72. The lowest BCUT2D eigenvalue weighted by atomic mass is 10.0. The van der Waals surface area contributed by atoms with E-state index >= 15 is 0 Å². The van der Waals surface area contributed by atoms with E-state index in [1.807, 2.05) is 16.9 Å². The third kappa shape index (κ3) is 2.26. The Morgan fingerprint density at radius 2 is 1.80 bits per heavy atom. The number of benzene rings is 1. The van der Waals surface area contributed by atoms with Crippen LogP contribution >= 0.6 is 0 Å². The maximum absolute atomic E-state index is 13.7. The molecule has 1 aromatic heterocycles. The van der Waals surface area contributed by atoms with Gasteiger partial charge in [0.1, 0.15) is 0 Å². The van der Waals surface area contributed by atoms with Gasteiger partial charge in [-0.15, -0.1) is 0 Å². The van der Waals surface area contributed by atoms with Gasteiger partial charge >= 0.3 is 0 Å². The van der Waals surface area contributed by atoms with Gasteiger partial charge in [-0.2, -0.15) is 5.10 Å². The van der Waals surface area contributed by atoms with E-state index in [-0.39, 0.29) is 11.7 Å². The molecule has 1 aliphatic rings. The fourth-order valence-electron chi connectivity index (χ4n) is 2.63. The molecule has 2 aromatic rings. The Balaban J connectivity index is 1.74. The minimum atomic E-state index is -1.41. The summed E-state index contributed by atoms with van der Waals surface area (Å²) in [5, 5.41) is 4.20. The van der Waals surface area contributed by atoms with Crippen molar-refractivity contribution >= 4 is 5.69 Å². The first-order valence-electron chi connectivity index (χ1n) is 6.54. The number of hydrogen-bond acceptors (Lipinski definition) is 2. The predicted molar refractivity (Wildman–Crippen MR) is 69.0 cm³/mol. The van der Waals surface area contributed by atoms with E-state index in [0.29, 0.717) is 13.1 Å². The minimum absolute atomic E-state index is 0.128. The fourth-order valence-corrected chi connectivity index (χ4v) is 2.63. The molecule has 0 radical (unpaired) electrons. The first-order chi connectivity index (χ1) is 9.66. The highest BCUT2D eigenvalue weighted by atomic mass is 19.2. The number of hydrogen-bond donors (Lipinski definition) is 0. The summed E-state index contributed by atoms with van der Waals surface area (Å²) in [6, 6.07) is 4.39. The second-order valence-electron chi connectivity index (χ2n) is 4.90. The van der Waals surface area contributed by atoms with E-state index in [0.717, 1.165) is 18.9 Å². The van der Waals surface area contributed by atoms with Gasteiger partial charge in [-0.25, -0.2) is 13.2 Å². The van der Waals surface area contributed by atoms with Gasteiger partial charge in [0.05, 0.1) is 11.7 Å². The van der Waals surface area contributed by atoms with Crippen LogP contribution in [0.4, 0.5) is 18.9 Å². The number of halogens is 3. The topological polar surface area (TPSA) is 21.1 Å². The molecule has 1 saturated heterocycles. The van der Waals surface area contributed by atoms with Crippen molar-refractivity contribution in [2.24, 2.45) is 0 Å². The Morgan fingerprint density at radius 3 is 2.45 bits per heavy atom. The average molecular weight is 281 g/mol. The van der Waals surface area contributed by atoms with Crippen LogP contribution < -0.4 is 4.90 Å². The number of piperidine rings is 1. The Bertz CT molecular complexity index is 590. The van der Waals surface area contributed by atoms with Crippen LogP contribution in [0, 0.1) is 17.5 Å². The molecule has 0 amide bonds. The summed E-state index contributed by atoms with van der Waals surface area (Å²) in [7, 11) is 0. The number of aromatic nitrogens is 2. The van der Waals surface area contributed by atoms with Crippen molar-refractivity contribution in [1.29, 1.82) is 0 Å². The Kier molecular flexibility index (Phi) is 3.38. The van der Waals surface area contributed by atoms with Gasteiger partial charge < -0.3 is 4.90 Å². The lowest BCUT2D eigenvalue weighted by Gasteiger charge is -2.33. The molecule has 6 heteroatoms. The van der Waals surface area contributed by atoms with Crippen LogP contribution in [-0.4, -0.2) is 22.9 Å². The first-order valence-corrected chi connectivity index (χ1v) is 6.54. The molecule has 1 aliphatic heterocycles. The lowest BCUT2D eigenvalue weighted by Crippen LogP contribution is -2.35. The molecule has 106 valence electrons. The highest BCUT2D eigenvalue weighted by Crippen LogP contribution is 2.29. The van der Waals surface area contributed by atoms with E-state index in [2.05, 4.69) is 5.10 Å². The monoisotopic (exact) mass is 281 g/mol. The van der Waals surface area contributed by atoms with Crippen molar-refractivity contribution < 1.29 is 13.2 Å². The highest BCUT2D eigenvalue weighted by Gasteiger charge is 2.24. The molecule has 0 saturated carbocycles. The molecule has 1 fully saturated rings.